The third kappa shape index (κ3) is 5.81. The fourth-order valence-corrected chi connectivity index (χ4v) is 2.32. The highest BCUT2D eigenvalue weighted by atomic mass is 19.4. The molecular weight excluding hydrogens is 385 g/mol. The number of nitrogens with zero attached hydrogens (tertiary/aromatic N) is 3. The van der Waals surface area contributed by atoms with Crippen molar-refractivity contribution in [3.63, 3.8) is 0 Å². The van der Waals surface area contributed by atoms with E-state index < -0.39 is 11.7 Å². The van der Waals surface area contributed by atoms with Crippen molar-refractivity contribution in [2.24, 2.45) is 0 Å². The van der Waals surface area contributed by atoms with Gasteiger partial charge in [-0.2, -0.15) is 13.2 Å². The number of pyridine rings is 1. The van der Waals surface area contributed by atoms with Gasteiger partial charge in [-0.3, -0.25) is 4.98 Å². The molecule has 2 aromatic heterocycles. The maximum atomic E-state index is 12.8. The summed E-state index contributed by atoms with van der Waals surface area (Å²) < 4.78 is 48.9. The molecule has 0 atom stereocenters. The SMILES string of the molecule is CC.COc1nnc(-c2cc(OCc3cccc(C(F)(F)F)c3)ccn2)cc1N. The number of nitrogen functional groups attached to an aromatic ring is 1. The minimum Gasteiger partial charge on any atom is -0.489 e. The van der Waals surface area contributed by atoms with Crippen molar-refractivity contribution in [2.45, 2.75) is 26.6 Å². The molecule has 3 rings (SSSR count). The molecule has 3 aromatic rings. The highest BCUT2D eigenvalue weighted by Gasteiger charge is 2.30. The summed E-state index contributed by atoms with van der Waals surface area (Å²) in [6.45, 7) is 3.98. The summed E-state index contributed by atoms with van der Waals surface area (Å²) in [6, 6.07) is 9.73. The van der Waals surface area contributed by atoms with Crippen LogP contribution < -0.4 is 15.2 Å². The minimum atomic E-state index is -4.40. The Morgan fingerprint density at radius 1 is 1.00 bits per heavy atom. The topological polar surface area (TPSA) is 83.2 Å². The zero-order chi connectivity index (χ0) is 21.4. The van der Waals surface area contributed by atoms with Crippen LogP contribution in [0.4, 0.5) is 18.9 Å². The van der Waals surface area contributed by atoms with Gasteiger partial charge in [0.15, 0.2) is 0 Å². The molecule has 6 nitrogen and oxygen atoms in total. The molecule has 0 saturated heterocycles. The number of benzene rings is 1. The van der Waals surface area contributed by atoms with Gasteiger partial charge >= 0.3 is 6.18 Å². The average Bonchev–Trinajstić information content (AvgIpc) is 2.73. The predicted octanol–water partition coefficient (Wildman–Crippen LogP) is 4.75. The molecule has 0 bridgehead atoms. The molecular formula is C20H21F3N4O2. The number of nitrogens with two attached hydrogens (primary N) is 1. The molecule has 0 saturated carbocycles. The molecule has 0 radical (unpaired) electrons. The maximum Gasteiger partial charge on any atom is 0.416 e. The quantitative estimate of drug-likeness (QED) is 0.658. The van der Waals surface area contributed by atoms with Crippen molar-refractivity contribution < 1.29 is 22.6 Å². The summed E-state index contributed by atoms with van der Waals surface area (Å²) in [7, 11) is 1.43. The number of rotatable bonds is 5. The van der Waals surface area contributed by atoms with E-state index >= 15 is 0 Å². The number of anilines is 1. The van der Waals surface area contributed by atoms with Gasteiger partial charge in [0.1, 0.15) is 18.1 Å². The standard InChI is InChI=1S/C18H15F3N4O2.C2H6/c1-26-17-14(22)9-16(24-25-17)15-8-13(5-6-23-15)27-10-11-3-2-4-12(7-11)18(19,20)21;1-2/h2-9H,10H2,1H3,(H2,22,24);1-2H3. The first-order valence-corrected chi connectivity index (χ1v) is 8.79. The first kappa shape index (κ1) is 21.9. The molecule has 0 fully saturated rings. The Bertz CT molecular complexity index is 949. The van der Waals surface area contributed by atoms with Gasteiger partial charge in [-0.1, -0.05) is 26.0 Å². The summed E-state index contributed by atoms with van der Waals surface area (Å²) in [5.74, 6) is 0.629. The summed E-state index contributed by atoms with van der Waals surface area (Å²) in [6.07, 6.45) is -2.90. The molecule has 154 valence electrons. The Hall–Kier alpha value is -3.36. The van der Waals surface area contributed by atoms with Gasteiger partial charge in [0.05, 0.1) is 24.1 Å². The van der Waals surface area contributed by atoms with Crippen molar-refractivity contribution in [2.75, 3.05) is 12.8 Å². The lowest BCUT2D eigenvalue weighted by molar-refractivity contribution is -0.137. The Morgan fingerprint density at radius 3 is 2.41 bits per heavy atom. The lowest BCUT2D eigenvalue weighted by atomic mass is 10.1. The largest absolute Gasteiger partial charge is 0.489 e. The van der Waals surface area contributed by atoms with Crippen LogP contribution in [0.5, 0.6) is 11.6 Å². The van der Waals surface area contributed by atoms with Gasteiger partial charge in [-0.15, -0.1) is 10.2 Å². The minimum absolute atomic E-state index is 0.0240. The summed E-state index contributed by atoms with van der Waals surface area (Å²) in [5, 5.41) is 7.83. The molecule has 0 unspecified atom stereocenters. The molecule has 0 spiro atoms. The molecule has 9 heteroatoms. The molecule has 0 aliphatic rings. The van der Waals surface area contributed by atoms with E-state index in [0.29, 0.717) is 28.4 Å². The highest BCUT2D eigenvalue weighted by Crippen LogP contribution is 2.30. The number of hydrogen-bond acceptors (Lipinski definition) is 6. The van der Waals surface area contributed by atoms with Gasteiger partial charge in [-0.25, -0.2) is 0 Å². The smallest absolute Gasteiger partial charge is 0.416 e. The van der Waals surface area contributed by atoms with Gasteiger partial charge in [-0.05, 0) is 29.8 Å². The molecule has 1 aromatic carbocycles. The normalized spacial score (nSPS) is 10.7. The molecule has 29 heavy (non-hydrogen) atoms. The van der Waals surface area contributed by atoms with E-state index in [1.807, 2.05) is 13.8 Å². The Kier molecular flexibility index (Phi) is 7.35. The molecule has 2 heterocycles. The number of alkyl halides is 3. The third-order valence-electron chi connectivity index (χ3n) is 3.63. The number of aromatic nitrogens is 3. The number of ether oxygens (including phenoxy) is 2. The van der Waals surface area contributed by atoms with Gasteiger partial charge in [0.2, 0.25) is 0 Å². The number of halogens is 3. The van der Waals surface area contributed by atoms with Crippen LogP contribution in [0.15, 0.2) is 48.7 Å². The summed E-state index contributed by atoms with van der Waals surface area (Å²) in [5.41, 5.74) is 6.67. The van der Waals surface area contributed by atoms with Crippen LogP contribution in [-0.4, -0.2) is 22.3 Å². The average molecular weight is 406 g/mol. The van der Waals surface area contributed by atoms with Gasteiger partial charge in [0.25, 0.3) is 5.88 Å². The molecule has 2 N–H and O–H groups in total. The van der Waals surface area contributed by atoms with Crippen molar-refractivity contribution in [1.29, 1.82) is 0 Å². The van der Waals surface area contributed by atoms with Crippen LogP contribution in [0.3, 0.4) is 0 Å². The first-order valence-electron chi connectivity index (χ1n) is 8.79. The van der Waals surface area contributed by atoms with Crippen molar-refractivity contribution in [1.82, 2.24) is 15.2 Å². The van der Waals surface area contributed by atoms with Crippen LogP contribution in [0.1, 0.15) is 25.0 Å². The van der Waals surface area contributed by atoms with Gasteiger partial charge < -0.3 is 15.2 Å². The van der Waals surface area contributed by atoms with E-state index in [-0.39, 0.29) is 12.5 Å². The third-order valence-corrected chi connectivity index (χ3v) is 3.63. The zero-order valence-corrected chi connectivity index (χ0v) is 16.2. The van der Waals surface area contributed by atoms with Crippen LogP contribution in [0.2, 0.25) is 0 Å². The van der Waals surface area contributed by atoms with E-state index in [2.05, 4.69) is 15.2 Å². The summed E-state index contributed by atoms with van der Waals surface area (Å²) in [4.78, 5) is 4.18. The first-order chi connectivity index (χ1) is 13.9. The Morgan fingerprint density at radius 2 is 1.76 bits per heavy atom. The fraction of sp³-hybridized carbons (Fsp3) is 0.250. The van der Waals surface area contributed by atoms with Crippen LogP contribution in [0.25, 0.3) is 11.4 Å². The van der Waals surface area contributed by atoms with Crippen molar-refractivity contribution in [3.8, 4) is 23.0 Å². The molecule has 0 aliphatic carbocycles. The van der Waals surface area contributed by atoms with E-state index in [1.165, 1.54) is 19.4 Å². The number of hydrogen-bond donors (Lipinski definition) is 1. The molecule has 0 amide bonds. The highest BCUT2D eigenvalue weighted by molar-refractivity contribution is 5.62. The Labute approximate surface area is 166 Å². The lowest BCUT2D eigenvalue weighted by Crippen LogP contribution is -2.06. The molecule has 0 aliphatic heterocycles. The predicted molar refractivity (Wildman–Crippen MR) is 103 cm³/mol. The second-order valence-corrected chi connectivity index (χ2v) is 5.56. The second-order valence-electron chi connectivity index (χ2n) is 5.56. The van der Waals surface area contributed by atoms with E-state index in [0.717, 1.165) is 12.1 Å². The van der Waals surface area contributed by atoms with E-state index in [4.69, 9.17) is 15.2 Å². The zero-order valence-electron chi connectivity index (χ0n) is 16.2. The van der Waals surface area contributed by atoms with Crippen LogP contribution in [0, 0.1) is 0 Å². The fourth-order valence-electron chi connectivity index (χ4n) is 2.32. The lowest BCUT2D eigenvalue weighted by Gasteiger charge is -2.10. The van der Waals surface area contributed by atoms with Crippen LogP contribution >= 0.6 is 0 Å². The van der Waals surface area contributed by atoms with Crippen molar-refractivity contribution >= 4 is 5.69 Å². The maximum absolute atomic E-state index is 12.8. The Balaban J connectivity index is 0.00000145. The summed E-state index contributed by atoms with van der Waals surface area (Å²) >= 11 is 0. The monoisotopic (exact) mass is 406 g/mol. The van der Waals surface area contributed by atoms with Crippen molar-refractivity contribution in [3.05, 3.63) is 59.8 Å². The van der Waals surface area contributed by atoms with E-state index in [1.54, 1.807) is 24.3 Å². The number of methoxy groups -OCH3 is 1. The van der Waals surface area contributed by atoms with Gasteiger partial charge in [0, 0.05) is 12.3 Å². The van der Waals surface area contributed by atoms with E-state index in [9.17, 15) is 13.2 Å². The second kappa shape index (κ2) is 9.72. The van der Waals surface area contributed by atoms with Crippen LogP contribution in [-0.2, 0) is 12.8 Å².